The number of hydrogen-bond donors (Lipinski definition) is 0. The molecule has 326 valence electrons. The van der Waals surface area contributed by atoms with Crippen molar-refractivity contribution in [3.8, 4) is 11.5 Å². The van der Waals surface area contributed by atoms with Gasteiger partial charge < -0.3 is 9.47 Å². The number of alkyl halides is 6. The minimum Gasteiger partial charge on any atom is -0.403 e. The van der Waals surface area contributed by atoms with Gasteiger partial charge in [-0.2, -0.15) is 0 Å². The molecule has 2 nitrogen and oxygen atoms in total. The maximum Gasteiger partial charge on any atom is 0.573 e. The molecule has 1 saturated carbocycles. The molecule has 0 spiro atoms. The Balaban J connectivity index is 0.000000158. The Morgan fingerprint density at radius 1 is 0.468 bits per heavy atom. The highest BCUT2D eigenvalue weighted by Crippen LogP contribution is 2.47. The van der Waals surface area contributed by atoms with E-state index in [0.717, 1.165) is 103 Å². The Bertz CT molecular complexity index is 2780. The largest absolute Gasteiger partial charge is 0.573 e. The molecule has 0 bridgehead atoms. The van der Waals surface area contributed by atoms with E-state index in [-0.39, 0.29) is 18.8 Å². The maximum absolute atomic E-state index is 15.4. The topological polar surface area (TPSA) is 18.5 Å². The van der Waals surface area contributed by atoms with Crippen LogP contribution in [-0.4, -0.2) is 12.7 Å². The summed E-state index contributed by atoms with van der Waals surface area (Å²) in [5, 5.41) is 1.75. The van der Waals surface area contributed by atoms with Crippen molar-refractivity contribution in [1.82, 2.24) is 0 Å². The van der Waals surface area contributed by atoms with E-state index >= 15 is 8.78 Å². The summed E-state index contributed by atoms with van der Waals surface area (Å²) in [6.45, 7) is 0. The molecule has 14 heteroatoms. The first-order valence-corrected chi connectivity index (χ1v) is 22.5. The second kappa shape index (κ2) is 16.9. The summed E-state index contributed by atoms with van der Waals surface area (Å²) >= 11 is 1.65. The predicted molar refractivity (Wildman–Crippen MR) is 226 cm³/mol. The molecule has 1 fully saturated rings. The summed E-state index contributed by atoms with van der Waals surface area (Å²) in [5.74, 6) is -2.94. The second-order valence-corrected chi connectivity index (χ2v) is 18.6. The molecule has 2 heterocycles. The molecule has 2 unspecified atom stereocenters. The quantitative estimate of drug-likeness (QED) is 0.122. The first-order chi connectivity index (χ1) is 29.6. The Morgan fingerprint density at radius 3 is 1.35 bits per heavy atom. The lowest BCUT2D eigenvalue weighted by Crippen LogP contribution is -2.17. The van der Waals surface area contributed by atoms with Crippen LogP contribution in [-0.2, 0) is 0 Å². The van der Waals surface area contributed by atoms with Gasteiger partial charge in [-0.3, -0.25) is 0 Å². The van der Waals surface area contributed by atoms with Crippen LogP contribution < -0.4 is 9.47 Å². The number of fused-ring (bicyclic) bond motifs is 6. The highest BCUT2D eigenvalue weighted by atomic mass is 32.1. The van der Waals surface area contributed by atoms with Gasteiger partial charge >= 0.3 is 12.7 Å². The second-order valence-electron chi connectivity index (χ2n) is 16.6. The average Bonchev–Trinajstić information content (AvgIpc) is 4.08. The van der Waals surface area contributed by atoms with Gasteiger partial charge in [-0.1, -0.05) is 73.7 Å². The number of ether oxygens (including phenoxy) is 2. The van der Waals surface area contributed by atoms with Crippen molar-refractivity contribution in [3.63, 3.8) is 0 Å². The van der Waals surface area contributed by atoms with E-state index in [2.05, 4.69) is 27.7 Å². The van der Waals surface area contributed by atoms with E-state index in [1.165, 1.54) is 49.8 Å². The van der Waals surface area contributed by atoms with Crippen LogP contribution in [0.4, 0.5) is 43.9 Å². The third kappa shape index (κ3) is 8.45. The lowest BCUT2D eigenvalue weighted by atomic mass is 9.78. The van der Waals surface area contributed by atoms with E-state index in [9.17, 15) is 35.1 Å². The van der Waals surface area contributed by atoms with Crippen molar-refractivity contribution in [2.75, 3.05) is 0 Å². The first kappa shape index (κ1) is 42.7. The first-order valence-electron chi connectivity index (χ1n) is 20.9. The molecule has 0 aliphatic heterocycles. The van der Waals surface area contributed by atoms with Crippen LogP contribution in [0.1, 0.15) is 94.6 Å². The fraction of sp³-hybridized carbons (Fsp3) is 0.375. The summed E-state index contributed by atoms with van der Waals surface area (Å²) in [6, 6.07) is 11.4. The highest BCUT2D eigenvalue weighted by molar-refractivity contribution is 7.26. The smallest absolute Gasteiger partial charge is 0.403 e. The van der Waals surface area contributed by atoms with E-state index in [4.69, 9.17) is 0 Å². The lowest BCUT2D eigenvalue weighted by Gasteiger charge is -2.27. The number of hydrogen-bond acceptors (Lipinski definition) is 4. The molecule has 4 aliphatic carbocycles. The minimum atomic E-state index is -5.00. The van der Waals surface area contributed by atoms with Gasteiger partial charge in [0.15, 0.2) is 23.1 Å². The Labute approximate surface area is 358 Å². The van der Waals surface area contributed by atoms with Crippen LogP contribution in [0.25, 0.3) is 51.5 Å². The summed E-state index contributed by atoms with van der Waals surface area (Å²) in [5.41, 5.74) is 4.42. The number of allylic oxidation sites excluding steroid dienone is 6. The van der Waals surface area contributed by atoms with Crippen LogP contribution in [0.15, 0.2) is 72.3 Å². The van der Waals surface area contributed by atoms with Crippen LogP contribution in [0.2, 0.25) is 0 Å². The van der Waals surface area contributed by atoms with Gasteiger partial charge in [-0.15, -0.1) is 49.0 Å². The average molecular weight is 903 g/mol. The molecule has 0 saturated heterocycles. The SMILES string of the molecule is Fc1c(OC(F)(F)F)ccc2c1sc1c(F)c(C3=CCC(C4=CCCC4)CC3)ccc12.Fc1c(OC(F)(F)F)ccc2c1sc1c(F)c(C3=CCC(C4CCCC4)CC3)ccc12. The molecule has 0 radical (unpaired) electrons. The Hall–Kier alpha value is -4.56. The van der Waals surface area contributed by atoms with Crippen molar-refractivity contribution in [3.05, 3.63) is 107 Å². The molecule has 62 heavy (non-hydrogen) atoms. The van der Waals surface area contributed by atoms with Gasteiger partial charge in [0.05, 0.1) is 18.8 Å². The Kier molecular flexibility index (Phi) is 11.6. The van der Waals surface area contributed by atoms with Gasteiger partial charge in [0, 0.05) is 32.7 Å². The van der Waals surface area contributed by atoms with Crippen LogP contribution in [0, 0.1) is 41.0 Å². The fourth-order valence-corrected chi connectivity index (χ4v) is 12.3. The fourth-order valence-electron chi connectivity index (χ4n) is 9.98. The van der Waals surface area contributed by atoms with Crippen LogP contribution in [0.5, 0.6) is 11.5 Å². The monoisotopic (exact) mass is 902 g/mol. The van der Waals surface area contributed by atoms with Crippen molar-refractivity contribution >= 4 is 74.2 Å². The summed E-state index contributed by atoms with van der Waals surface area (Å²) in [7, 11) is 0. The number of thiophene rings is 2. The van der Waals surface area contributed by atoms with Crippen LogP contribution in [0.3, 0.4) is 0 Å². The highest BCUT2D eigenvalue weighted by Gasteiger charge is 2.35. The number of rotatable bonds is 6. The van der Waals surface area contributed by atoms with E-state index in [0.29, 0.717) is 44.5 Å². The molecular formula is C48H40F10O2S2. The predicted octanol–water partition coefficient (Wildman–Crippen LogP) is 17.1. The molecule has 4 aliphatic rings. The minimum absolute atomic E-state index is 0.0354. The van der Waals surface area contributed by atoms with Gasteiger partial charge in [0.25, 0.3) is 0 Å². The number of benzene rings is 4. The zero-order valence-electron chi connectivity index (χ0n) is 33.2. The zero-order valence-corrected chi connectivity index (χ0v) is 34.8. The third-order valence-electron chi connectivity index (χ3n) is 13.0. The van der Waals surface area contributed by atoms with Crippen molar-refractivity contribution in [2.45, 2.75) is 96.2 Å². The van der Waals surface area contributed by atoms with Crippen LogP contribution >= 0.6 is 22.7 Å². The van der Waals surface area contributed by atoms with E-state index in [1.807, 2.05) is 0 Å². The maximum atomic E-state index is 15.4. The molecule has 0 N–H and O–H groups in total. The van der Waals surface area contributed by atoms with Gasteiger partial charge in [-0.05, 0) is 111 Å². The van der Waals surface area contributed by atoms with Crippen molar-refractivity contribution < 1.29 is 53.4 Å². The molecule has 4 aromatic carbocycles. The third-order valence-corrected chi connectivity index (χ3v) is 15.4. The Morgan fingerprint density at radius 2 is 0.935 bits per heavy atom. The summed E-state index contributed by atoms with van der Waals surface area (Å²) < 4.78 is 143. The van der Waals surface area contributed by atoms with E-state index in [1.54, 1.807) is 24.3 Å². The molecule has 0 amide bonds. The summed E-state index contributed by atoms with van der Waals surface area (Å²) in [4.78, 5) is 0. The molecule has 6 aromatic rings. The number of halogens is 10. The standard InChI is InChI=1S/C24H21F5OS.C24H19F5OS/c2*25-20-16(15-7-5-14(6-8-15)13-3-1-2-4-13)9-10-17-18-11-12-19(30-24(27,28)29)21(26)23(18)31-22(17)20/h7,9-14H,1-6,8H2;3,7,9-12,14H,1-2,4-6,8H2. The molecule has 2 atom stereocenters. The van der Waals surface area contributed by atoms with Crippen molar-refractivity contribution in [2.24, 2.45) is 17.8 Å². The molecular weight excluding hydrogens is 863 g/mol. The summed E-state index contributed by atoms with van der Waals surface area (Å²) in [6.07, 6.45) is 10.7. The van der Waals surface area contributed by atoms with Crippen molar-refractivity contribution in [1.29, 1.82) is 0 Å². The molecule has 2 aromatic heterocycles. The van der Waals surface area contributed by atoms with Gasteiger partial charge in [0.1, 0.15) is 11.6 Å². The molecule has 10 rings (SSSR count). The van der Waals surface area contributed by atoms with Gasteiger partial charge in [-0.25, -0.2) is 17.6 Å². The lowest BCUT2D eigenvalue weighted by molar-refractivity contribution is -0.276. The normalized spacial score (nSPS) is 20.1. The van der Waals surface area contributed by atoms with E-state index < -0.39 is 47.5 Å². The zero-order chi connectivity index (χ0) is 43.5. The van der Waals surface area contributed by atoms with Gasteiger partial charge in [0.2, 0.25) is 0 Å².